The number of benzene rings is 1. The van der Waals surface area contributed by atoms with Crippen LogP contribution in [0, 0.1) is 5.82 Å². The molecule has 1 atom stereocenters. The summed E-state index contributed by atoms with van der Waals surface area (Å²) in [5.41, 5.74) is 0.0968. The molecular weight excluding hydrogens is 277 g/mol. The summed E-state index contributed by atoms with van der Waals surface area (Å²) in [6.07, 6.45) is 0.743. The summed E-state index contributed by atoms with van der Waals surface area (Å²) < 4.78 is 38.6. The second-order valence-corrected chi connectivity index (χ2v) is 5.45. The molecule has 0 aromatic heterocycles. The minimum atomic E-state index is -4.11. The molecule has 0 saturated carbocycles. The van der Waals surface area contributed by atoms with Gasteiger partial charge in [0, 0.05) is 11.9 Å². The average molecular weight is 285 g/mol. The molecule has 1 aliphatic rings. The van der Waals surface area contributed by atoms with Gasteiger partial charge in [0.1, 0.15) is 5.82 Å². The molecule has 1 aromatic carbocycles. The zero-order chi connectivity index (χ0) is 14.0. The number of carbonyl (C=O) groups excluding carboxylic acids is 2. The van der Waals surface area contributed by atoms with E-state index in [1.807, 2.05) is 0 Å². The first-order chi connectivity index (χ1) is 8.88. The van der Waals surface area contributed by atoms with Gasteiger partial charge < -0.3 is 0 Å². The Kier molecular flexibility index (Phi) is 3.30. The second kappa shape index (κ2) is 4.76. The number of anilines is 1. The average Bonchev–Trinajstić information content (AvgIpc) is 2.31. The summed E-state index contributed by atoms with van der Waals surface area (Å²) in [7, 11) is -4.11. The van der Waals surface area contributed by atoms with Gasteiger partial charge in [-0.1, -0.05) is 0 Å². The van der Waals surface area contributed by atoms with E-state index in [9.17, 15) is 22.4 Å². The monoisotopic (exact) mass is 285 g/mol. The van der Waals surface area contributed by atoms with Crippen molar-refractivity contribution in [1.29, 1.82) is 0 Å². The van der Waals surface area contributed by atoms with Crippen LogP contribution in [0.3, 0.4) is 0 Å². The maximum absolute atomic E-state index is 12.7. The van der Waals surface area contributed by atoms with E-state index in [1.165, 1.54) is 12.1 Å². The molecule has 2 N–H and O–H groups in total. The molecule has 3 amide bonds. The smallest absolute Gasteiger partial charge is 0.283 e. The molecule has 1 heterocycles. The fourth-order valence-electron chi connectivity index (χ4n) is 1.38. The Bertz CT molecular complexity index is 654. The van der Waals surface area contributed by atoms with Crippen molar-refractivity contribution < 1.29 is 22.4 Å². The van der Waals surface area contributed by atoms with Crippen molar-refractivity contribution in [3.8, 4) is 0 Å². The number of amides is 3. The predicted molar refractivity (Wildman–Crippen MR) is 64.8 cm³/mol. The molecule has 9 heteroatoms. The third-order valence-corrected chi connectivity index (χ3v) is 3.78. The van der Waals surface area contributed by atoms with Gasteiger partial charge in [0.2, 0.25) is 10.0 Å². The van der Waals surface area contributed by atoms with Crippen molar-refractivity contribution in [2.75, 3.05) is 4.72 Å². The topological polar surface area (TPSA) is 105 Å². The number of imide groups is 1. The van der Waals surface area contributed by atoms with Gasteiger partial charge >= 0.3 is 6.03 Å². The van der Waals surface area contributed by atoms with Gasteiger partial charge in [-0.05, 0) is 24.3 Å². The van der Waals surface area contributed by atoms with E-state index >= 15 is 0 Å². The molecule has 0 bridgehead atoms. The lowest BCUT2D eigenvalue weighted by Gasteiger charge is -2.16. The van der Waals surface area contributed by atoms with Gasteiger partial charge in [0.25, 0.3) is 5.91 Å². The third-order valence-electron chi connectivity index (χ3n) is 2.25. The van der Waals surface area contributed by atoms with Crippen LogP contribution in [0.5, 0.6) is 0 Å². The number of rotatable bonds is 3. The molecule has 0 fully saturated rings. The number of carbonyl (C=O) groups is 2. The van der Waals surface area contributed by atoms with E-state index in [4.69, 9.17) is 0 Å². The SMILES string of the molecule is O=C1N=CC(S(=O)(=O)Nc2ccc(F)cc2)C(=O)N1. The molecule has 0 spiro atoms. The van der Waals surface area contributed by atoms with Crippen LogP contribution in [-0.4, -0.2) is 31.8 Å². The van der Waals surface area contributed by atoms with Gasteiger partial charge in [0.05, 0.1) is 0 Å². The molecule has 100 valence electrons. The molecule has 7 nitrogen and oxygen atoms in total. The van der Waals surface area contributed by atoms with Crippen molar-refractivity contribution >= 4 is 33.9 Å². The minimum absolute atomic E-state index is 0.0968. The number of urea groups is 1. The summed E-state index contributed by atoms with van der Waals surface area (Å²) in [4.78, 5) is 25.4. The van der Waals surface area contributed by atoms with Crippen LogP contribution in [0.4, 0.5) is 14.9 Å². The van der Waals surface area contributed by atoms with Crippen LogP contribution < -0.4 is 10.0 Å². The first-order valence-corrected chi connectivity index (χ1v) is 6.59. The number of sulfonamides is 1. The zero-order valence-electron chi connectivity index (χ0n) is 9.33. The van der Waals surface area contributed by atoms with Gasteiger partial charge in [-0.2, -0.15) is 0 Å². The van der Waals surface area contributed by atoms with Crippen LogP contribution in [0.15, 0.2) is 29.3 Å². The molecule has 1 unspecified atom stereocenters. The molecule has 0 radical (unpaired) electrons. The molecule has 0 saturated heterocycles. The first kappa shape index (κ1) is 13.1. The molecular formula is C10H8FN3O4S. The molecule has 2 rings (SSSR count). The fourth-order valence-corrected chi connectivity index (χ4v) is 2.53. The Balaban J connectivity index is 2.23. The van der Waals surface area contributed by atoms with E-state index in [0.717, 1.165) is 18.3 Å². The number of halogens is 1. The number of nitrogens with zero attached hydrogens (tertiary/aromatic N) is 1. The Morgan fingerprint density at radius 2 is 1.84 bits per heavy atom. The Labute approximate surface area is 107 Å². The quantitative estimate of drug-likeness (QED) is 0.830. The summed E-state index contributed by atoms with van der Waals surface area (Å²) in [5.74, 6) is -1.51. The number of nitrogens with one attached hydrogen (secondary N) is 2. The summed E-state index contributed by atoms with van der Waals surface area (Å²) in [6, 6.07) is 3.62. The van der Waals surface area contributed by atoms with Crippen molar-refractivity contribution in [3.05, 3.63) is 30.1 Å². The lowest BCUT2D eigenvalue weighted by atomic mass is 10.3. The van der Waals surface area contributed by atoms with Gasteiger partial charge in [-0.25, -0.2) is 22.6 Å². The van der Waals surface area contributed by atoms with Gasteiger partial charge in [-0.3, -0.25) is 14.8 Å². The van der Waals surface area contributed by atoms with Crippen molar-refractivity contribution in [3.63, 3.8) is 0 Å². The van der Waals surface area contributed by atoms with Crippen molar-refractivity contribution in [1.82, 2.24) is 5.32 Å². The number of aliphatic imine (C=N–C) groups is 1. The van der Waals surface area contributed by atoms with E-state index in [1.54, 1.807) is 5.32 Å². The third kappa shape index (κ3) is 2.94. The van der Waals surface area contributed by atoms with Crippen molar-refractivity contribution in [2.45, 2.75) is 5.25 Å². The van der Waals surface area contributed by atoms with E-state index in [0.29, 0.717) is 0 Å². The Morgan fingerprint density at radius 3 is 2.42 bits per heavy atom. The minimum Gasteiger partial charge on any atom is -0.283 e. The zero-order valence-corrected chi connectivity index (χ0v) is 10.1. The molecule has 0 aliphatic carbocycles. The van der Waals surface area contributed by atoms with Crippen LogP contribution in [0.25, 0.3) is 0 Å². The highest BCUT2D eigenvalue weighted by Crippen LogP contribution is 2.13. The Morgan fingerprint density at radius 1 is 1.21 bits per heavy atom. The normalized spacial score (nSPS) is 19.1. The number of hydrogen-bond acceptors (Lipinski definition) is 4. The Hall–Kier alpha value is -2.29. The largest absolute Gasteiger partial charge is 0.347 e. The first-order valence-electron chi connectivity index (χ1n) is 5.05. The van der Waals surface area contributed by atoms with Crippen LogP contribution in [0.1, 0.15) is 0 Å². The fraction of sp³-hybridized carbons (Fsp3) is 0.100. The lowest BCUT2D eigenvalue weighted by Crippen LogP contribution is -2.48. The maximum atomic E-state index is 12.7. The maximum Gasteiger partial charge on any atom is 0.347 e. The van der Waals surface area contributed by atoms with Gasteiger partial charge in [0.15, 0.2) is 5.25 Å². The van der Waals surface area contributed by atoms with E-state index < -0.39 is 33.0 Å². The highest BCUT2D eigenvalue weighted by atomic mass is 32.2. The highest BCUT2D eigenvalue weighted by molar-refractivity contribution is 7.94. The van der Waals surface area contributed by atoms with Crippen LogP contribution in [-0.2, 0) is 14.8 Å². The molecule has 1 aromatic rings. The van der Waals surface area contributed by atoms with Crippen molar-refractivity contribution in [2.24, 2.45) is 4.99 Å². The summed E-state index contributed by atoms with van der Waals surface area (Å²) in [6.45, 7) is 0. The van der Waals surface area contributed by atoms with Gasteiger partial charge in [-0.15, -0.1) is 0 Å². The van der Waals surface area contributed by atoms with Crippen LogP contribution in [0.2, 0.25) is 0 Å². The van der Waals surface area contributed by atoms with E-state index in [-0.39, 0.29) is 5.69 Å². The molecule has 19 heavy (non-hydrogen) atoms. The number of hydrogen-bond donors (Lipinski definition) is 2. The highest BCUT2D eigenvalue weighted by Gasteiger charge is 2.35. The molecule has 1 aliphatic heterocycles. The summed E-state index contributed by atoms with van der Waals surface area (Å²) in [5, 5.41) is 0.160. The lowest BCUT2D eigenvalue weighted by molar-refractivity contribution is -0.118. The standard InChI is InChI=1S/C10H8FN3O4S/c11-6-1-3-7(4-2-6)14-19(17,18)8-5-12-10(16)13-9(8)15/h1-5,8,14H,(H,13,15,16). The van der Waals surface area contributed by atoms with Crippen LogP contribution >= 0.6 is 0 Å². The summed E-state index contributed by atoms with van der Waals surface area (Å²) >= 11 is 0. The second-order valence-electron chi connectivity index (χ2n) is 3.65. The van der Waals surface area contributed by atoms with E-state index in [2.05, 4.69) is 9.71 Å². The predicted octanol–water partition coefficient (Wildman–Crippen LogP) is 0.257.